The van der Waals surface area contributed by atoms with Crippen LogP contribution in [0.1, 0.15) is 34.3 Å². The molecule has 0 spiro atoms. The Bertz CT molecular complexity index is 1160. The molecule has 27 heavy (non-hydrogen) atoms. The van der Waals surface area contributed by atoms with Gasteiger partial charge in [0, 0.05) is 11.1 Å². The number of pyridine rings is 1. The van der Waals surface area contributed by atoms with Gasteiger partial charge in [0.1, 0.15) is 9.71 Å². The van der Waals surface area contributed by atoms with Crippen molar-refractivity contribution in [3.8, 4) is 0 Å². The summed E-state index contributed by atoms with van der Waals surface area (Å²) in [6, 6.07) is 9.96. The number of benzene rings is 1. The minimum Gasteiger partial charge on any atom is -0.397 e. The Kier molecular flexibility index (Phi) is 3.87. The number of carbonyl (C=O) groups is 1. The van der Waals surface area contributed by atoms with Crippen LogP contribution in [0.2, 0.25) is 0 Å². The van der Waals surface area contributed by atoms with Crippen LogP contribution in [0.4, 0.5) is 10.8 Å². The Morgan fingerprint density at radius 2 is 2.11 bits per heavy atom. The third-order valence-electron chi connectivity index (χ3n) is 5.05. The molecule has 5 rings (SSSR count). The lowest BCUT2D eigenvalue weighted by atomic mass is 9.87. The topological polar surface area (TPSA) is 80.9 Å². The van der Waals surface area contributed by atoms with Gasteiger partial charge < -0.3 is 5.73 Å². The number of aryl methyl sites for hydroxylation is 1. The fourth-order valence-corrected chi connectivity index (χ4v) is 5.47. The summed E-state index contributed by atoms with van der Waals surface area (Å²) in [5.41, 5.74) is 10.1. The van der Waals surface area contributed by atoms with Gasteiger partial charge in [0.25, 0.3) is 5.91 Å². The number of nitrogen functional groups attached to an aromatic ring is 1. The molecule has 7 heteroatoms. The lowest BCUT2D eigenvalue weighted by Gasteiger charge is -2.20. The Morgan fingerprint density at radius 3 is 2.96 bits per heavy atom. The number of hydrogen-bond donors (Lipinski definition) is 2. The molecule has 0 aliphatic heterocycles. The molecule has 1 amide bonds. The normalized spacial score (nSPS) is 16.6. The molecule has 4 aromatic rings. The molecule has 3 aromatic heterocycles. The molecule has 3 heterocycles. The zero-order chi connectivity index (χ0) is 18.5. The molecule has 1 aromatic carbocycles. The van der Waals surface area contributed by atoms with Crippen LogP contribution in [-0.2, 0) is 12.8 Å². The highest BCUT2D eigenvalue weighted by Crippen LogP contribution is 2.37. The summed E-state index contributed by atoms with van der Waals surface area (Å²) < 4.78 is 1.04. The van der Waals surface area contributed by atoms with Gasteiger partial charge in [-0.15, -0.1) is 11.3 Å². The molecule has 0 fully saturated rings. The lowest BCUT2D eigenvalue weighted by Crippen LogP contribution is -2.12. The third kappa shape index (κ3) is 2.87. The van der Waals surface area contributed by atoms with E-state index in [-0.39, 0.29) is 5.91 Å². The smallest absolute Gasteiger partial charge is 0.269 e. The Hall–Kier alpha value is -2.51. The molecule has 136 valence electrons. The molecule has 0 radical (unpaired) electrons. The van der Waals surface area contributed by atoms with Gasteiger partial charge in [0.05, 0.1) is 15.9 Å². The predicted molar refractivity (Wildman–Crippen MR) is 113 cm³/mol. The fraction of sp³-hybridized carbons (Fsp3) is 0.250. The van der Waals surface area contributed by atoms with Crippen LogP contribution >= 0.6 is 22.7 Å². The van der Waals surface area contributed by atoms with E-state index in [0.29, 0.717) is 21.6 Å². The summed E-state index contributed by atoms with van der Waals surface area (Å²) in [6.45, 7) is 2.26. The number of rotatable bonds is 2. The van der Waals surface area contributed by atoms with Crippen molar-refractivity contribution in [3.05, 3.63) is 46.5 Å². The summed E-state index contributed by atoms with van der Waals surface area (Å²) in [6.07, 6.45) is 3.19. The molecule has 0 saturated carbocycles. The number of nitrogens with one attached hydrogen (secondary N) is 1. The number of nitrogens with zero attached hydrogens (tertiary/aromatic N) is 2. The van der Waals surface area contributed by atoms with Crippen LogP contribution in [0.25, 0.3) is 20.4 Å². The Balaban J connectivity index is 1.50. The second-order valence-corrected chi connectivity index (χ2v) is 9.11. The van der Waals surface area contributed by atoms with Gasteiger partial charge in [-0.3, -0.25) is 10.1 Å². The van der Waals surface area contributed by atoms with Crippen LogP contribution in [0.15, 0.2) is 30.3 Å². The number of anilines is 2. The van der Waals surface area contributed by atoms with Gasteiger partial charge in [0.15, 0.2) is 5.13 Å². The number of thiazole rings is 1. The first kappa shape index (κ1) is 16.6. The first-order chi connectivity index (χ1) is 13.1. The summed E-state index contributed by atoms with van der Waals surface area (Å²) in [4.78, 5) is 23.4. The fourth-order valence-electron chi connectivity index (χ4n) is 3.62. The standard InChI is InChI=1S/C20H18N4OS2/c1-10-6-7-13-11(8-10)9-12-16(21)17(27-19(12)22-13)18(25)24-20-23-14-4-2-3-5-15(14)26-20/h2-5,9-10H,6-8,21H2,1H3,(H,23,24,25). The summed E-state index contributed by atoms with van der Waals surface area (Å²) in [5.74, 6) is 0.444. The second kappa shape index (κ2) is 6.28. The third-order valence-corrected chi connectivity index (χ3v) is 7.12. The number of carbonyl (C=O) groups excluding carboxylic acids is 1. The van der Waals surface area contributed by atoms with E-state index in [4.69, 9.17) is 10.7 Å². The van der Waals surface area contributed by atoms with Crippen molar-refractivity contribution in [2.24, 2.45) is 5.92 Å². The van der Waals surface area contributed by atoms with E-state index < -0.39 is 0 Å². The number of thiophene rings is 1. The number of amides is 1. The van der Waals surface area contributed by atoms with Crippen molar-refractivity contribution in [1.82, 2.24) is 9.97 Å². The second-order valence-electron chi connectivity index (χ2n) is 7.08. The molecule has 1 aliphatic carbocycles. The van der Waals surface area contributed by atoms with Gasteiger partial charge in [-0.05, 0) is 48.9 Å². The van der Waals surface area contributed by atoms with Crippen LogP contribution in [0, 0.1) is 5.92 Å². The number of aromatic nitrogens is 2. The largest absolute Gasteiger partial charge is 0.397 e. The molecule has 0 saturated heterocycles. The van der Waals surface area contributed by atoms with E-state index in [1.165, 1.54) is 28.2 Å². The molecule has 1 unspecified atom stereocenters. The maximum atomic E-state index is 12.8. The van der Waals surface area contributed by atoms with Crippen LogP contribution in [0.3, 0.4) is 0 Å². The summed E-state index contributed by atoms with van der Waals surface area (Å²) in [7, 11) is 0. The van der Waals surface area contributed by atoms with E-state index >= 15 is 0 Å². The van der Waals surface area contributed by atoms with E-state index in [0.717, 1.165) is 45.4 Å². The highest BCUT2D eigenvalue weighted by Gasteiger charge is 2.22. The lowest BCUT2D eigenvalue weighted by molar-refractivity contribution is 0.103. The van der Waals surface area contributed by atoms with Gasteiger partial charge in [-0.2, -0.15) is 0 Å². The molecule has 0 bridgehead atoms. The zero-order valence-corrected chi connectivity index (χ0v) is 16.4. The maximum absolute atomic E-state index is 12.8. The van der Waals surface area contributed by atoms with Gasteiger partial charge in [-0.1, -0.05) is 30.4 Å². The van der Waals surface area contributed by atoms with Crippen molar-refractivity contribution in [1.29, 1.82) is 0 Å². The summed E-state index contributed by atoms with van der Waals surface area (Å²) >= 11 is 2.82. The van der Waals surface area contributed by atoms with Gasteiger partial charge in [-0.25, -0.2) is 9.97 Å². The van der Waals surface area contributed by atoms with E-state index in [1.54, 1.807) is 0 Å². The number of para-hydroxylation sites is 1. The minimum absolute atomic E-state index is 0.221. The Labute approximate surface area is 164 Å². The molecule has 3 N–H and O–H groups in total. The highest BCUT2D eigenvalue weighted by atomic mass is 32.1. The molecular weight excluding hydrogens is 376 g/mol. The first-order valence-corrected chi connectivity index (χ1v) is 10.6. The molecule has 5 nitrogen and oxygen atoms in total. The molecule has 1 aliphatic rings. The Morgan fingerprint density at radius 1 is 1.26 bits per heavy atom. The van der Waals surface area contributed by atoms with Crippen molar-refractivity contribution in [3.63, 3.8) is 0 Å². The zero-order valence-electron chi connectivity index (χ0n) is 14.8. The van der Waals surface area contributed by atoms with E-state index in [2.05, 4.69) is 23.3 Å². The minimum atomic E-state index is -0.221. The molecule has 1 atom stereocenters. The van der Waals surface area contributed by atoms with Crippen molar-refractivity contribution >= 4 is 59.8 Å². The number of nitrogens with two attached hydrogens (primary N) is 1. The predicted octanol–water partition coefficient (Wildman–Crippen LogP) is 4.87. The van der Waals surface area contributed by atoms with E-state index in [9.17, 15) is 4.79 Å². The van der Waals surface area contributed by atoms with Crippen LogP contribution in [-0.4, -0.2) is 15.9 Å². The quantitative estimate of drug-likeness (QED) is 0.508. The number of hydrogen-bond acceptors (Lipinski definition) is 6. The number of fused-ring (bicyclic) bond motifs is 3. The average molecular weight is 395 g/mol. The van der Waals surface area contributed by atoms with Gasteiger partial charge >= 0.3 is 0 Å². The summed E-state index contributed by atoms with van der Waals surface area (Å²) in [5, 5.41) is 4.37. The monoisotopic (exact) mass is 394 g/mol. The van der Waals surface area contributed by atoms with E-state index in [1.807, 2.05) is 24.3 Å². The SMILES string of the molecule is CC1CCc2nc3sc(C(=O)Nc4nc5ccccc5s4)c(N)c3cc2C1. The van der Waals surface area contributed by atoms with Crippen LogP contribution in [0.5, 0.6) is 0 Å². The van der Waals surface area contributed by atoms with Crippen molar-refractivity contribution < 1.29 is 4.79 Å². The maximum Gasteiger partial charge on any atom is 0.269 e. The average Bonchev–Trinajstić information content (AvgIpc) is 3.20. The van der Waals surface area contributed by atoms with Crippen molar-refractivity contribution in [2.75, 3.05) is 11.1 Å². The van der Waals surface area contributed by atoms with Crippen LogP contribution < -0.4 is 11.1 Å². The molecular formula is C20H18N4OS2. The van der Waals surface area contributed by atoms with Crippen molar-refractivity contribution in [2.45, 2.75) is 26.2 Å². The van der Waals surface area contributed by atoms with Gasteiger partial charge in [0.2, 0.25) is 0 Å². The first-order valence-electron chi connectivity index (χ1n) is 8.96. The highest BCUT2D eigenvalue weighted by molar-refractivity contribution is 7.23.